The van der Waals surface area contributed by atoms with Crippen LogP contribution >= 0.6 is 0 Å². The maximum atomic E-state index is 12.6. The summed E-state index contributed by atoms with van der Waals surface area (Å²) in [6.45, 7) is 1.26. The maximum absolute atomic E-state index is 12.6. The fourth-order valence-corrected chi connectivity index (χ4v) is 2.94. The van der Waals surface area contributed by atoms with Gasteiger partial charge in [0.15, 0.2) is 6.10 Å². The predicted octanol–water partition coefficient (Wildman–Crippen LogP) is 2.15. The molecule has 2 aromatic rings. The Labute approximate surface area is 166 Å². The number of anilines is 2. The van der Waals surface area contributed by atoms with Crippen molar-refractivity contribution in [3.8, 4) is 17.2 Å². The Morgan fingerprint density at radius 2 is 1.93 bits per heavy atom. The smallest absolute Gasteiger partial charge is 0.335 e. The predicted molar refractivity (Wildman–Crippen MR) is 104 cm³/mol. The van der Waals surface area contributed by atoms with Crippen molar-refractivity contribution in [2.75, 3.05) is 31.0 Å². The third kappa shape index (κ3) is 4.08. The van der Waals surface area contributed by atoms with Crippen molar-refractivity contribution in [1.82, 2.24) is 0 Å². The molecule has 0 aliphatic carbocycles. The third-order valence-electron chi connectivity index (χ3n) is 4.40. The van der Waals surface area contributed by atoms with E-state index in [1.807, 2.05) is 0 Å². The highest BCUT2D eigenvalue weighted by molar-refractivity contribution is 6.06. The minimum Gasteiger partial charge on any atom is -0.497 e. The lowest BCUT2D eigenvalue weighted by atomic mass is 10.1. The number of amides is 2. The first-order valence-electron chi connectivity index (χ1n) is 8.71. The Bertz CT molecular complexity index is 973. The number of carbonyl (C=O) groups excluding carboxylic acids is 2. The molecule has 29 heavy (non-hydrogen) atoms. The van der Waals surface area contributed by atoms with Gasteiger partial charge in [-0.15, -0.1) is 0 Å². The van der Waals surface area contributed by atoms with Crippen molar-refractivity contribution in [3.63, 3.8) is 0 Å². The molecule has 1 heterocycles. The third-order valence-corrected chi connectivity index (χ3v) is 4.40. The summed E-state index contributed by atoms with van der Waals surface area (Å²) in [7, 11) is 2.99. The molecule has 1 aliphatic rings. The van der Waals surface area contributed by atoms with E-state index in [-0.39, 0.29) is 17.9 Å². The van der Waals surface area contributed by atoms with Gasteiger partial charge in [-0.3, -0.25) is 14.5 Å². The average Bonchev–Trinajstić information content (AvgIpc) is 2.71. The second kappa shape index (κ2) is 8.09. The van der Waals surface area contributed by atoms with Crippen LogP contribution in [0.5, 0.6) is 17.2 Å². The van der Waals surface area contributed by atoms with Gasteiger partial charge < -0.3 is 24.6 Å². The first kappa shape index (κ1) is 20.0. The van der Waals surface area contributed by atoms with Crippen molar-refractivity contribution >= 4 is 29.2 Å². The molecule has 2 N–H and O–H groups in total. The van der Waals surface area contributed by atoms with Crippen LogP contribution in [0, 0.1) is 0 Å². The quantitative estimate of drug-likeness (QED) is 0.764. The summed E-state index contributed by atoms with van der Waals surface area (Å²) >= 11 is 0. The summed E-state index contributed by atoms with van der Waals surface area (Å²) < 4.78 is 15.9. The molecule has 0 saturated carbocycles. The van der Waals surface area contributed by atoms with Crippen LogP contribution in [0.2, 0.25) is 0 Å². The van der Waals surface area contributed by atoms with Crippen LogP contribution in [0.1, 0.15) is 17.3 Å². The standard InChI is InChI=1S/C20H20N2O7/c1-11-19(24)22(15-7-4-12(20(25)26)8-17(15)29-11)10-18(23)21-14-6-5-13(27-2)9-16(14)28-3/h4-9,11H,10H2,1-3H3,(H,21,23)(H,25,26). The van der Waals surface area contributed by atoms with E-state index in [2.05, 4.69) is 5.32 Å². The minimum absolute atomic E-state index is 0.0256. The van der Waals surface area contributed by atoms with E-state index in [4.69, 9.17) is 19.3 Å². The van der Waals surface area contributed by atoms with Gasteiger partial charge in [-0.25, -0.2) is 4.79 Å². The zero-order chi connectivity index (χ0) is 21.1. The number of carbonyl (C=O) groups is 3. The average molecular weight is 400 g/mol. The summed E-state index contributed by atoms with van der Waals surface area (Å²) in [5, 5.41) is 11.9. The maximum Gasteiger partial charge on any atom is 0.335 e. The number of nitrogens with zero attached hydrogens (tertiary/aromatic N) is 1. The molecule has 0 fully saturated rings. The number of aromatic carboxylic acids is 1. The molecular formula is C20H20N2O7. The van der Waals surface area contributed by atoms with Gasteiger partial charge in [0.05, 0.1) is 31.2 Å². The second-order valence-corrected chi connectivity index (χ2v) is 6.29. The van der Waals surface area contributed by atoms with Crippen molar-refractivity contribution in [1.29, 1.82) is 0 Å². The zero-order valence-electron chi connectivity index (χ0n) is 16.1. The van der Waals surface area contributed by atoms with Gasteiger partial charge in [0, 0.05) is 6.07 Å². The monoisotopic (exact) mass is 400 g/mol. The molecule has 0 aromatic heterocycles. The SMILES string of the molecule is COc1ccc(NC(=O)CN2C(=O)C(C)Oc3cc(C(=O)O)ccc32)c(OC)c1. The number of carboxylic acid groups (broad SMARTS) is 1. The lowest BCUT2D eigenvalue weighted by molar-refractivity contribution is -0.127. The van der Waals surface area contributed by atoms with Crippen molar-refractivity contribution in [3.05, 3.63) is 42.0 Å². The topological polar surface area (TPSA) is 114 Å². The molecule has 0 saturated heterocycles. The van der Waals surface area contributed by atoms with Crippen LogP contribution in [0.4, 0.5) is 11.4 Å². The number of fused-ring (bicyclic) bond motifs is 1. The number of hydrogen-bond acceptors (Lipinski definition) is 6. The molecule has 9 nitrogen and oxygen atoms in total. The highest BCUT2D eigenvalue weighted by atomic mass is 16.5. The van der Waals surface area contributed by atoms with Gasteiger partial charge in [0.2, 0.25) is 5.91 Å². The highest BCUT2D eigenvalue weighted by Gasteiger charge is 2.33. The zero-order valence-corrected chi connectivity index (χ0v) is 16.1. The minimum atomic E-state index is -1.11. The molecule has 9 heteroatoms. The summed E-state index contributed by atoms with van der Waals surface area (Å²) in [6, 6.07) is 9.06. The number of methoxy groups -OCH3 is 2. The molecule has 1 unspecified atom stereocenters. The van der Waals surface area contributed by atoms with E-state index < -0.39 is 23.9 Å². The summed E-state index contributed by atoms with van der Waals surface area (Å²) in [6.07, 6.45) is -0.852. The van der Waals surface area contributed by atoms with Crippen molar-refractivity contribution in [2.45, 2.75) is 13.0 Å². The highest BCUT2D eigenvalue weighted by Crippen LogP contribution is 2.35. The van der Waals surface area contributed by atoms with Gasteiger partial charge in [-0.2, -0.15) is 0 Å². The molecule has 1 aliphatic heterocycles. The lowest BCUT2D eigenvalue weighted by Crippen LogP contribution is -2.47. The molecule has 0 spiro atoms. The summed E-state index contributed by atoms with van der Waals surface area (Å²) in [4.78, 5) is 37.6. The van der Waals surface area contributed by atoms with Crippen molar-refractivity contribution < 1.29 is 33.7 Å². The van der Waals surface area contributed by atoms with E-state index in [9.17, 15) is 14.4 Å². The molecule has 0 bridgehead atoms. The van der Waals surface area contributed by atoms with Gasteiger partial charge in [0.25, 0.3) is 5.91 Å². The fourth-order valence-electron chi connectivity index (χ4n) is 2.94. The molecule has 152 valence electrons. The Morgan fingerprint density at radius 1 is 1.17 bits per heavy atom. The van der Waals surface area contributed by atoms with E-state index >= 15 is 0 Å². The number of carboxylic acids is 1. The molecule has 1 atom stereocenters. The van der Waals surface area contributed by atoms with Crippen LogP contribution in [-0.4, -0.2) is 49.8 Å². The van der Waals surface area contributed by atoms with Crippen LogP contribution in [-0.2, 0) is 9.59 Å². The van der Waals surface area contributed by atoms with E-state index in [0.29, 0.717) is 22.9 Å². The van der Waals surface area contributed by atoms with E-state index in [1.165, 1.54) is 44.2 Å². The molecule has 2 amide bonds. The van der Waals surface area contributed by atoms with Crippen molar-refractivity contribution in [2.24, 2.45) is 0 Å². The van der Waals surface area contributed by atoms with Gasteiger partial charge in [-0.05, 0) is 37.3 Å². The molecule has 2 aromatic carbocycles. The fraction of sp³-hybridized carbons (Fsp3) is 0.250. The number of rotatable bonds is 6. The largest absolute Gasteiger partial charge is 0.497 e. The number of nitrogens with one attached hydrogen (secondary N) is 1. The Balaban J connectivity index is 1.83. The number of benzene rings is 2. The molecular weight excluding hydrogens is 380 g/mol. The normalized spacial score (nSPS) is 15.2. The van der Waals surface area contributed by atoms with Crippen LogP contribution in [0.25, 0.3) is 0 Å². The van der Waals surface area contributed by atoms with Gasteiger partial charge >= 0.3 is 5.97 Å². The number of ether oxygens (including phenoxy) is 3. The molecule has 0 radical (unpaired) electrons. The lowest BCUT2D eigenvalue weighted by Gasteiger charge is -2.32. The van der Waals surface area contributed by atoms with Gasteiger partial charge in [-0.1, -0.05) is 0 Å². The Morgan fingerprint density at radius 3 is 2.59 bits per heavy atom. The Hall–Kier alpha value is -3.75. The van der Waals surface area contributed by atoms with E-state index in [1.54, 1.807) is 18.2 Å². The first-order valence-corrected chi connectivity index (χ1v) is 8.71. The Kier molecular flexibility index (Phi) is 5.58. The van der Waals surface area contributed by atoms with E-state index in [0.717, 1.165) is 0 Å². The van der Waals surface area contributed by atoms with Gasteiger partial charge in [0.1, 0.15) is 23.8 Å². The second-order valence-electron chi connectivity index (χ2n) is 6.29. The van der Waals surface area contributed by atoms with Crippen LogP contribution < -0.4 is 24.4 Å². The number of hydrogen-bond donors (Lipinski definition) is 2. The first-order chi connectivity index (χ1) is 13.8. The summed E-state index contributed by atoms with van der Waals surface area (Å²) in [5.41, 5.74) is 0.779. The van der Waals surface area contributed by atoms with Crippen LogP contribution in [0.15, 0.2) is 36.4 Å². The van der Waals surface area contributed by atoms with Crippen LogP contribution in [0.3, 0.4) is 0 Å². The summed E-state index contributed by atoms with van der Waals surface area (Å²) in [5.74, 6) is -0.767. The molecule has 3 rings (SSSR count).